The van der Waals surface area contributed by atoms with Crippen LogP contribution in [-0.4, -0.2) is 0 Å². The van der Waals surface area contributed by atoms with Crippen LogP contribution >= 0.6 is 0 Å². The highest BCUT2D eigenvalue weighted by molar-refractivity contribution is 5.25. The Balaban J connectivity index is 2.29. The summed E-state index contributed by atoms with van der Waals surface area (Å²) in [4.78, 5) is 0. The Morgan fingerprint density at radius 3 is 3.00 bits per heavy atom. The maximum Gasteiger partial charge on any atom is 0.00624 e. The van der Waals surface area contributed by atoms with E-state index < -0.39 is 0 Å². The van der Waals surface area contributed by atoms with Crippen LogP contribution < -0.4 is 0 Å². The molecule has 0 heterocycles. The van der Waals surface area contributed by atoms with Gasteiger partial charge in [-0.2, -0.15) is 0 Å². The van der Waals surface area contributed by atoms with Gasteiger partial charge in [-0.05, 0) is 44.9 Å². The Bertz CT molecular complexity index is 259. The summed E-state index contributed by atoms with van der Waals surface area (Å²) in [6, 6.07) is 0. The minimum absolute atomic E-state index is 0.318. The van der Waals surface area contributed by atoms with Gasteiger partial charge in [0.25, 0.3) is 0 Å². The van der Waals surface area contributed by atoms with Gasteiger partial charge in [-0.1, -0.05) is 30.7 Å². The Kier molecular flexibility index (Phi) is 2.09. The van der Waals surface area contributed by atoms with Crippen LogP contribution in [0.4, 0.5) is 0 Å². The van der Waals surface area contributed by atoms with Crippen molar-refractivity contribution in [3.8, 4) is 0 Å². The van der Waals surface area contributed by atoms with E-state index in [0.717, 1.165) is 5.92 Å². The van der Waals surface area contributed by atoms with Crippen molar-refractivity contribution >= 4 is 0 Å². The zero-order valence-corrected chi connectivity index (χ0v) is 8.90. The molecule has 0 spiro atoms. The molecule has 0 saturated heterocycles. The summed E-state index contributed by atoms with van der Waals surface area (Å²) in [6.45, 7) is 8.67. The molecule has 0 heteroatoms. The van der Waals surface area contributed by atoms with Gasteiger partial charge in [0.1, 0.15) is 0 Å². The van der Waals surface area contributed by atoms with Crippen molar-refractivity contribution in [1.82, 2.24) is 0 Å². The second kappa shape index (κ2) is 3.01. The predicted octanol–water partition coefficient (Wildman–Crippen LogP) is 4.09. The molecule has 0 amide bonds. The number of rotatable bonds is 1. The van der Waals surface area contributed by atoms with Crippen molar-refractivity contribution in [3.63, 3.8) is 0 Å². The lowest BCUT2D eigenvalue weighted by molar-refractivity contribution is 0.277. The molecule has 2 rings (SSSR count). The second-order valence-electron chi connectivity index (χ2n) is 5.17. The number of hydrogen-bond acceptors (Lipinski definition) is 0. The highest BCUT2D eigenvalue weighted by Crippen LogP contribution is 2.47. The first-order valence-corrected chi connectivity index (χ1v) is 5.47. The molecule has 72 valence electrons. The van der Waals surface area contributed by atoms with Crippen LogP contribution in [0.25, 0.3) is 0 Å². The molecule has 2 unspecified atom stereocenters. The molecular weight excluding hydrogens is 156 g/mol. The van der Waals surface area contributed by atoms with E-state index in [1.165, 1.54) is 37.7 Å². The molecule has 0 aromatic rings. The molecule has 2 bridgehead atoms. The fourth-order valence-corrected chi connectivity index (χ4v) is 2.90. The Labute approximate surface area is 81.7 Å². The van der Waals surface area contributed by atoms with Crippen molar-refractivity contribution in [1.29, 1.82) is 0 Å². The third kappa shape index (κ3) is 1.59. The van der Waals surface area contributed by atoms with Gasteiger partial charge < -0.3 is 0 Å². The minimum Gasteiger partial charge on any atom is -0.0993 e. The summed E-state index contributed by atoms with van der Waals surface area (Å²) >= 11 is 0. The number of allylic oxidation sites excluding steroid dienone is 3. The molecule has 1 saturated carbocycles. The molecule has 0 aliphatic heterocycles. The molecule has 0 aromatic carbocycles. The van der Waals surface area contributed by atoms with E-state index >= 15 is 0 Å². The Morgan fingerprint density at radius 1 is 1.62 bits per heavy atom. The fraction of sp³-hybridized carbons (Fsp3) is 0.692. The van der Waals surface area contributed by atoms with E-state index in [4.69, 9.17) is 0 Å². The van der Waals surface area contributed by atoms with Gasteiger partial charge in [-0.25, -0.2) is 0 Å². The van der Waals surface area contributed by atoms with Crippen LogP contribution in [0.2, 0.25) is 0 Å². The number of hydrogen-bond donors (Lipinski definition) is 0. The first kappa shape index (κ1) is 9.05. The van der Waals surface area contributed by atoms with Gasteiger partial charge in [-0.15, -0.1) is 0 Å². The van der Waals surface area contributed by atoms with Gasteiger partial charge in [0, 0.05) is 5.41 Å². The van der Waals surface area contributed by atoms with Crippen LogP contribution in [0.1, 0.15) is 46.0 Å². The molecular formula is C13H20. The molecule has 13 heavy (non-hydrogen) atoms. The molecule has 0 radical (unpaired) electrons. The maximum absolute atomic E-state index is 4.13. The average molecular weight is 176 g/mol. The first-order chi connectivity index (χ1) is 6.10. The van der Waals surface area contributed by atoms with Crippen LogP contribution in [0, 0.1) is 11.3 Å². The summed E-state index contributed by atoms with van der Waals surface area (Å²) in [5.41, 5.74) is 3.36. The fourth-order valence-electron chi connectivity index (χ4n) is 2.90. The van der Waals surface area contributed by atoms with Crippen LogP contribution in [0.5, 0.6) is 0 Å². The Hall–Kier alpha value is -0.520. The largest absolute Gasteiger partial charge is 0.0993 e. The van der Waals surface area contributed by atoms with E-state index in [1.54, 1.807) is 5.57 Å². The highest BCUT2D eigenvalue weighted by Gasteiger charge is 2.33. The lowest BCUT2D eigenvalue weighted by Gasteiger charge is -2.40. The molecule has 0 nitrogen and oxygen atoms in total. The van der Waals surface area contributed by atoms with Gasteiger partial charge in [0.15, 0.2) is 0 Å². The lowest BCUT2D eigenvalue weighted by atomic mass is 9.65. The molecule has 2 aliphatic rings. The maximum atomic E-state index is 4.13. The molecule has 1 fully saturated rings. The lowest BCUT2D eigenvalue weighted by Crippen LogP contribution is -2.27. The van der Waals surface area contributed by atoms with Gasteiger partial charge >= 0.3 is 0 Å². The van der Waals surface area contributed by atoms with E-state index in [9.17, 15) is 0 Å². The third-order valence-electron chi connectivity index (χ3n) is 3.87. The molecule has 2 aliphatic carbocycles. The minimum atomic E-state index is 0.318. The third-order valence-corrected chi connectivity index (χ3v) is 3.87. The topological polar surface area (TPSA) is 0 Å². The van der Waals surface area contributed by atoms with E-state index in [2.05, 4.69) is 26.5 Å². The van der Waals surface area contributed by atoms with Crippen molar-refractivity contribution in [2.75, 3.05) is 0 Å². The van der Waals surface area contributed by atoms with Gasteiger partial charge in [0.05, 0.1) is 0 Å². The second-order valence-corrected chi connectivity index (χ2v) is 5.17. The smallest absolute Gasteiger partial charge is 0.00624 e. The summed E-state index contributed by atoms with van der Waals surface area (Å²) in [6.07, 6.45) is 9.43. The van der Waals surface area contributed by atoms with E-state index in [-0.39, 0.29) is 0 Å². The normalized spacial score (nSPS) is 38.3. The predicted molar refractivity (Wildman–Crippen MR) is 57.6 cm³/mol. The summed E-state index contributed by atoms with van der Waals surface area (Å²) in [5.74, 6) is 0.954. The van der Waals surface area contributed by atoms with Crippen LogP contribution in [-0.2, 0) is 0 Å². The van der Waals surface area contributed by atoms with Crippen molar-refractivity contribution in [3.05, 3.63) is 23.8 Å². The highest BCUT2D eigenvalue weighted by atomic mass is 14.4. The van der Waals surface area contributed by atoms with Crippen molar-refractivity contribution < 1.29 is 0 Å². The van der Waals surface area contributed by atoms with Gasteiger partial charge in [0.2, 0.25) is 0 Å². The zero-order valence-electron chi connectivity index (χ0n) is 8.90. The SMILES string of the molecule is C=C(C)C1(C)C=C2CCCC(C2)C1. The van der Waals surface area contributed by atoms with Crippen molar-refractivity contribution in [2.45, 2.75) is 46.0 Å². The zero-order chi connectivity index (χ0) is 9.47. The van der Waals surface area contributed by atoms with E-state index in [1.807, 2.05) is 0 Å². The molecule has 2 atom stereocenters. The van der Waals surface area contributed by atoms with Gasteiger partial charge in [-0.3, -0.25) is 0 Å². The molecule has 0 N–H and O–H groups in total. The summed E-state index contributed by atoms with van der Waals surface area (Å²) < 4.78 is 0. The summed E-state index contributed by atoms with van der Waals surface area (Å²) in [5, 5.41) is 0. The van der Waals surface area contributed by atoms with Crippen LogP contribution in [0.3, 0.4) is 0 Å². The first-order valence-electron chi connectivity index (χ1n) is 5.47. The van der Waals surface area contributed by atoms with Crippen molar-refractivity contribution in [2.24, 2.45) is 11.3 Å². The monoisotopic (exact) mass is 176 g/mol. The standard InChI is InChI=1S/C13H20/c1-10(2)13(3)8-11-5-4-6-12(7-11)9-13/h8,12H,1,4-7,9H2,2-3H3. The molecule has 0 aromatic heterocycles. The average Bonchev–Trinajstić information content (AvgIpc) is 2.02. The Morgan fingerprint density at radius 2 is 2.38 bits per heavy atom. The van der Waals surface area contributed by atoms with Crippen LogP contribution in [0.15, 0.2) is 23.8 Å². The number of fused-ring (bicyclic) bond motifs is 2. The van der Waals surface area contributed by atoms with E-state index in [0.29, 0.717) is 5.41 Å². The quantitative estimate of drug-likeness (QED) is 0.528. The summed E-state index contributed by atoms with van der Waals surface area (Å²) in [7, 11) is 0.